The van der Waals surface area contributed by atoms with Crippen molar-refractivity contribution in [3.8, 4) is 0 Å². The van der Waals surface area contributed by atoms with Gasteiger partial charge in [-0.05, 0) is 24.3 Å². The molecular formula is C10H13NS2. The fourth-order valence-electron chi connectivity index (χ4n) is 1.50. The fourth-order valence-corrected chi connectivity index (χ4v) is 2.73. The Morgan fingerprint density at radius 3 is 3.08 bits per heavy atom. The van der Waals surface area contributed by atoms with Gasteiger partial charge in [-0.2, -0.15) is 12.6 Å². The minimum atomic E-state index is 0.976. The molecular weight excluding hydrogens is 198 g/mol. The molecule has 1 aromatic carbocycles. The molecule has 0 saturated heterocycles. The van der Waals surface area contributed by atoms with E-state index in [9.17, 15) is 0 Å². The summed E-state index contributed by atoms with van der Waals surface area (Å²) >= 11 is 6.16. The van der Waals surface area contributed by atoms with E-state index in [0.29, 0.717) is 0 Å². The van der Waals surface area contributed by atoms with E-state index in [1.54, 1.807) is 0 Å². The summed E-state index contributed by atoms with van der Waals surface area (Å²) in [5.41, 5.74) is 1.40. The third kappa shape index (κ3) is 1.97. The van der Waals surface area contributed by atoms with Gasteiger partial charge in [0.15, 0.2) is 0 Å². The molecule has 1 heterocycles. The molecule has 0 spiro atoms. The zero-order chi connectivity index (χ0) is 9.10. The van der Waals surface area contributed by atoms with Gasteiger partial charge < -0.3 is 4.90 Å². The Morgan fingerprint density at radius 2 is 2.23 bits per heavy atom. The number of rotatable bonds is 3. The van der Waals surface area contributed by atoms with Crippen LogP contribution in [0.2, 0.25) is 0 Å². The highest BCUT2D eigenvalue weighted by atomic mass is 32.2. The molecule has 0 fully saturated rings. The van der Waals surface area contributed by atoms with E-state index in [-0.39, 0.29) is 0 Å². The lowest BCUT2D eigenvalue weighted by molar-refractivity contribution is 0.851. The molecule has 70 valence electrons. The van der Waals surface area contributed by atoms with Crippen LogP contribution < -0.4 is 4.90 Å². The van der Waals surface area contributed by atoms with Gasteiger partial charge in [-0.3, -0.25) is 0 Å². The lowest BCUT2D eigenvalue weighted by atomic mass is 10.3. The normalized spacial score (nSPS) is 14.7. The number of para-hydroxylation sites is 1. The number of fused-ring (bicyclic) bond motifs is 1. The van der Waals surface area contributed by atoms with Crippen molar-refractivity contribution >= 4 is 30.1 Å². The van der Waals surface area contributed by atoms with Crippen LogP contribution in [0.3, 0.4) is 0 Å². The molecule has 0 aliphatic carbocycles. The second kappa shape index (κ2) is 4.29. The van der Waals surface area contributed by atoms with Crippen molar-refractivity contribution < 1.29 is 0 Å². The van der Waals surface area contributed by atoms with Crippen LogP contribution in [-0.4, -0.2) is 18.2 Å². The van der Waals surface area contributed by atoms with Gasteiger partial charge in [0.25, 0.3) is 0 Å². The van der Waals surface area contributed by atoms with Gasteiger partial charge >= 0.3 is 0 Å². The number of thiol groups is 1. The molecule has 1 aromatic rings. The Morgan fingerprint density at radius 1 is 1.38 bits per heavy atom. The summed E-state index contributed by atoms with van der Waals surface area (Å²) in [6.45, 7) is 1.13. The van der Waals surface area contributed by atoms with E-state index in [4.69, 9.17) is 0 Å². The summed E-state index contributed by atoms with van der Waals surface area (Å²) < 4.78 is 0. The van der Waals surface area contributed by atoms with Crippen LogP contribution in [0.25, 0.3) is 0 Å². The summed E-state index contributed by atoms with van der Waals surface area (Å²) in [5, 5.41) is 0. The third-order valence-electron chi connectivity index (χ3n) is 2.17. The van der Waals surface area contributed by atoms with Crippen molar-refractivity contribution in [2.24, 2.45) is 0 Å². The van der Waals surface area contributed by atoms with E-state index < -0.39 is 0 Å². The molecule has 2 rings (SSSR count). The van der Waals surface area contributed by atoms with Crippen molar-refractivity contribution in [3.05, 3.63) is 24.3 Å². The molecule has 0 radical (unpaired) electrons. The molecule has 1 aliphatic rings. The number of benzene rings is 1. The number of anilines is 1. The Labute approximate surface area is 88.9 Å². The number of hydrogen-bond acceptors (Lipinski definition) is 3. The summed E-state index contributed by atoms with van der Waals surface area (Å²) in [5.74, 6) is 2.08. The Hall–Kier alpha value is -0.280. The molecule has 0 bridgehead atoms. The van der Waals surface area contributed by atoms with Crippen LogP contribution in [0, 0.1) is 0 Å². The minimum absolute atomic E-state index is 0.976. The van der Waals surface area contributed by atoms with E-state index >= 15 is 0 Å². The predicted molar refractivity (Wildman–Crippen MR) is 63.0 cm³/mol. The zero-order valence-electron chi connectivity index (χ0n) is 7.44. The van der Waals surface area contributed by atoms with Crippen molar-refractivity contribution in [2.45, 2.75) is 11.3 Å². The average molecular weight is 211 g/mol. The third-order valence-corrected chi connectivity index (χ3v) is 3.58. The Bertz CT molecular complexity index is 288. The van der Waals surface area contributed by atoms with Crippen LogP contribution in [0.4, 0.5) is 5.69 Å². The molecule has 13 heavy (non-hydrogen) atoms. The lowest BCUT2D eigenvalue weighted by Gasteiger charge is -2.17. The number of hydrogen-bond donors (Lipinski definition) is 1. The molecule has 0 atom stereocenters. The van der Waals surface area contributed by atoms with Crippen LogP contribution in [-0.2, 0) is 0 Å². The van der Waals surface area contributed by atoms with E-state index in [2.05, 4.69) is 41.8 Å². The predicted octanol–water partition coefficient (Wildman–Crippen LogP) is 2.88. The summed E-state index contributed by atoms with van der Waals surface area (Å²) in [6, 6.07) is 8.61. The highest BCUT2D eigenvalue weighted by molar-refractivity contribution is 7.99. The fraction of sp³-hybridized carbons (Fsp3) is 0.400. The molecule has 1 aliphatic heterocycles. The maximum absolute atomic E-state index is 4.23. The topological polar surface area (TPSA) is 3.24 Å². The molecule has 0 saturated carbocycles. The number of thioether (sulfide) groups is 1. The van der Waals surface area contributed by atoms with Crippen LogP contribution >= 0.6 is 24.4 Å². The lowest BCUT2D eigenvalue weighted by Crippen LogP contribution is -2.20. The SMILES string of the molecule is SCCCN1CSc2ccccc21. The molecule has 0 N–H and O–H groups in total. The summed E-state index contributed by atoms with van der Waals surface area (Å²) in [6.07, 6.45) is 1.16. The van der Waals surface area contributed by atoms with E-state index in [1.165, 1.54) is 10.6 Å². The van der Waals surface area contributed by atoms with Crippen molar-refractivity contribution in [1.82, 2.24) is 0 Å². The number of nitrogens with zero attached hydrogens (tertiary/aromatic N) is 1. The standard InChI is InChI=1S/C10H13NS2/c12-7-3-6-11-8-13-10-5-2-1-4-9(10)11/h1-2,4-5,12H,3,6-8H2. The Kier molecular flexibility index (Phi) is 3.06. The molecule has 0 aromatic heterocycles. The minimum Gasteiger partial charge on any atom is -0.361 e. The van der Waals surface area contributed by atoms with Gasteiger partial charge in [0.05, 0.1) is 11.6 Å². The smallest absolute Gasteiger partial charge is 0.0686 e. The first-order chi connectivity index (χ1) is 6.42. The first kappa shape index (κ1) is 9.28. The molecule has 0 unspecified atom stereocenters. The van der Waals surface area contributed by atoms with Crippen molar-refractivity contribution in [1.29, 1.82) is 0 Å². The largest absolute Gasteiger partial charge is 0.361 e. The van der Waals surface area contributed by atoms with Gasteiger partial charge in [0.2, 0.25) is 0 Å². The van der Waals surface area contributed by atoms with Crippen LogP contribution in [0.1, 0.15) is 6.42 Å². The first-order valence-corrected chi connectivity index (χ1v) is 6.11. The van der Waals surface area contributed by atoms with E-state index in [0.717, 1.165) is 24.6 Å². The highest BCUT2D eigenvalue weighted by Crippen LogP contribution is 2.37. The summed E-state index contributed by atoms with van der Waals surface area (Å²) in [7, 11) is 0. The van der Waals surface area contributed by atoms with Crippen LogP contribution in [0.5, 0.6) is 0 Å². The highest BCUT2D eigenvalue weighted by Gasteiger charge is 2.17. The quantitative estimate of drug-likeness (QED) is 0.766. The van der Waals surface area contributed by atoms with Crippen molar-refractivity contribution in [2.75, 3.05) is 23.1 Å². The maximum atomic E-state index is 4.23. The van der Waals surface area contributed by atoms with Gasteiger partial charge in [-0.1, -0.05) is 12.1 Å². The molecule has 3 heteroatoms. The monoisotopic (exact) mass is 211 g/mol. The average Bonchev–Trinajstić information content (AvgIpc) is 2.58. The van der Waals surface area contributed by atoms with Gasteiger partial charge in [-0.25, -0.2) is 0 Å². The van der Waals surface area contributed by atoms with Gasteiger partial charge in [-0.15, -0.1) is 11.8 Å². The van der Waals surface area contributed by atoms with Crippen LogP contribution in [0.15, 0.2) is 29.2 Å². The first-order valence-electron chi connectivity index (χ1n) is 4.49. The molecule has 1 nitrogen and oxygen atoms in total. The second-order valence-corrected chi connectivity index (χ2v) is 4.52. The molecule has 0 amide bonds. The van der Waals surface area contributed by atoms with Gasteiger partial charge in [0.1, 0.15) is 0 Å². The van der Waals surface area contributed by atoms with Crippen molar-refractivity contribution in [3.63, 3.8) is 0 Å². The van der Waals surface area contributed by atoms with E-state index in [1.807, 2.05) is 11.8 Å². The maximum Gasteiger partial charge on any atom is 0.0686 e. The second-order valence-electron chi connectivity index (χ2n) is 3.08. The van der Waals surface area contributed by atoms with Gasteiger partial charge in [0, 0.05) is 11.4 Å². The zero-order valence-corrected chi connectivity index (χ0v) is 9.15. The Balaban J connectivity index is 2.09. The summed E-state index contributed by atoms with van der Waals surface area (Å²) in [4.78, 5) is 3.85.